The second-order valence-corrected chi connectivity index (χ2v) is 7.89. The number of benzene rings is 2. The average Bonchev–Trinajstić information content (AvgIpc) is 2.61. The van der Waals surface area contributed by atoms with Crippen LogP contribution in [0.25, 0.3) is 0 Å². The topological polar surface area (TPSA) is 114 Å². The Labute approximate surface area is 162 Å². The Hall–Kier alpha value is -2.87. The van der Waals surface area contributed by atoms with Crippen LogP contribution >= 0.6 is 11.8 Å². The molecule has 0 saturated carbocycles. The van der Waals surface area contributed by atoms with Crippen LogP contribution in [0.3, 0.4) is 0 Å². The van der Waals surface area contributed by atoms with Gasteiger partial charge in [-0.2, -0.15) is 5.10 Å². The molecular weight excluding hydrogens is 364 g/mol. The number of hydrogen-bond acceptors (Lipinski definition) is 6. The molecule has 0 atom stereocenters. The van der Waals surface area contributed by atoms with Crippen LogP contribution in [-0.4, -0.2) is 21.4 Å². The van der Waals surface area contributed by atoms with Crippen molar-refractivity contribution in [1.82, 2.24) is 0 Å². The van der Waals surface area contributed by atoms with Gasteiger partial charge in [0.2, 0.25) is 5.75 Å². The highest BCUT2D eigenvalue weighted by molar-refractivity contribution is 8.13. The van der Waals surface area contributed by atoms with Crippen molar-refractivity contribution in [3.8, 4) is 5.75 Å². The van der Waals surface area contributed by atoms with Gasteiger partial charge in [0.05, 0.1) is 11.1 Å². The zero-order chi connectivity index (χ0) is 20.0. The molecule has 2 rings (SSSR count). The fraction of sp³-hybridized carbons (Fsp3) is 0.263. The van der Waals surface area contributed by atoms with Gasteiger partial charge in [-0.25, -0.2) is 0 Å². The molecule has 7 nitrogen and oxygen atoms in total. The second-order valence-electron chi connectivity index (χ2n) is 6.90. The highest BCUT2D eigenvalue weighted by Gasteiger charge is 2.23. The van der Waals surface area contributed by atoms with Gasteiger partial charge in [-0.1, -0.05) is 62.9 Å². The van der Waals surface area contributed by atoms with Crippen molar-refractivity contribution in [3.63, 3.8) is 0 Å². The molecular formula is C19H22N4O3S. The molecule has 0 fully saturated rings. The van der Waals surface area contributed by atoms with Crippen LogP contribution in [0.4, 0.5) is 5.69 Å². The molecule has 8 heteroatoms. The van der Waals surface area contributed by atoms with Crippen molar-refractivity contribution in [2.24, 2.45) is 15.9 Å². The second kappa shape index (κ2) is 8.68. The van der Waals surface area contributed by atoms with Crippen LogP contribution in [0, 0.1) is 10.1 Å². The van der Waals surface area contributed by atoms with E-state index in [2.05, 4.69) is 10.2 Å². The van der Waals surface area contributed by atoms with Crippen LogP contribution in [0.15, 0.2) is 52.7 Å². The van der Waals surface area contributed by atoms with Gasteiger partial charge in [0.15, 0.2) is 5.17 Å². The zero-order valence-corrected chi connectivity index (χ0v) is 16.2. The van der Waals surface area contributed by atoms with Crippen molar-refractivity contribution < 1.29 is 10.0 Å². The lowest BCUT2D eigenvalue weighted by Gasteiger charge is -2.19. The van der Waals surface area contributed by atoms with E-state index in [1.807, 2.05) is 51.1 Å². The van der Waals surface area contributed by atoms with Crippen molar-refractivity contribution in [2.45, 2.75) is 31.9 Å². The van der Waals surface area contributed by atoms with E-state index in [0.29, 0.717) is 11.3 Å². The summed E-state index contributed by atoms with van der Waals surface area (Å²) < 4.78 is 0. The average molecular weight is 386 g/mol. The lowest BCUT2D eigenvalue weighted by molar-refractivity contribution is -0.386. The molecule has 0 saturated heterocycles. The number of phenolic OH excluding ortho intramolecular Hbond substituents is 1. The molecule has 0 unspecified atom stereocenters. The first kappa shape index (κ1) is 20.4. The summed E-state index contributed by atoms with van der Waals surface area (Å²) in [6.45, 7) is 5.79. The Morgan fingerprint density at radius 2 is 1.96 bits per heavy atom. The van der Waals surface area contributed by atoms with Gasteiger partial charge >= 0.3 is 5.69 Å². The highest BCUT2D eigenvalue weighted by atomic mass is 32.2. The minimum Gasteiger partial charge on any atom is -0.502 e. The summed E-state index contributed by atoms with van der Waals surface area (Å²) in [7, 11) is 0. The van der Waals surface area contributed by atoms with Crippen LogP contribution in [0.2, 0.25) is 0 Å². The molecule has 2 aromatic rings. The molecule has 0 aromatic heterocycles. The number of rotatable bonds is 5. The lowest BCUT2D eigenvalue weighted by atomic mass is 9.85. The monoisotopic (exact) mass is 386 g/mol. The molecule has 0 amide bonds. The smallest absolute Gasteiger partial charge is 0.311 e. The number of aromatic hydroxyl groups is 1. The Morgan fingerprint density at radius 1 is 1.30 bits per heavy atom. The third-order valence-electron chi connectivity index (χ3n) is 3.76. The molecule has 0 aliphatic carbocycles. The van der Waals surface area contributed by atoms with E-state index in [9.17, 15) is 15.2 Å². The molecule has 142 valence electrons. The van der Waals surface area contributed by atoms with Crippen LogP contribution in [0.1, 0.15) is 37.5 Å². The summed E-state index contributed by atoms with van der Waals surface area (Å²) in [5, 5.41) is 29.4. The number of nitro groups is 1. The maximum atomic E-state index is 11.2. The van der Waals surface area contributed by atoms with Gasteiger partial charge in [0.1, 0.15) is 0 Å². The van der Waals surface area contributed by atoms with Crippen molar-refractivity contribution in [3.05, 3.63) is 69.3 Å². The molecule has 0 heterocycles. The van der Waals surface area contributed by atoms with E-state index in [1.165, 1.54) is 24.0 Å². The van der Waals surface area contributed by atoms with E-state index in [0.717, 1.165) is 5.56 Å². The molecule has 0 spiro atoms. The van der Waals surface area contributed by atoms with Crippen molar-refractivity contribution >= 4 is 28.8 Å². The van der Waals surface area contributed by atoms with Crippen LogP contribution in [-0.2, 0) is 11.2 Å². The number of hydrogen-bond donors (Lipinski definition) is 2. The first-order valence-electron chi connectivity index (χ1n) is 8.23. The fourth-order valence-electron chi connectivity index (χ4n) is 2.22. The summed E-state index contributed by atoms with van der Waals surface area (Å²) in [6, 6.07) is 12.8. The zero-order valence-electron chi connectivity index (χ0n) is 15.4. The Morgan fingerprint density at radius 3 is 2.56 bits per heavy atom. The quantitative estimate of drug-likeness (QED) is 0.346. The van der Waals surface area contributed by atoms with Gasteiger partial charge in [0.25, 0.3) is 0 Å². The predicted molar refractivity (Wildman–Crippen MR) is 110 cm³/mol. The largest absolute Gasteiger partial charge is 0.502 e. The Bertz CT molecular complexity index is 875. The van der Waals surface area contributed by atoms with Crippen molar-refractivity contribution in [2.75, 3.05) is 0 Å². The molecule has 0 radical (unpaired) electrons. The molecule has 0 aliphatic rings. The summed E-state index contributed by atoms with van der Waals surface area (Å²) in [5.74, 6) is 0.213. The first-order valence-corrected chi connectivity index (χ1v) is 9.22. The first-order chi connectivity index (χ1) is 12.7. The number of nitro benzene ring substituents is 1. The van der Waals surface area contributed by atoms with Gasteiger partial charge in [-0.3, -0.25) is 10.1 Å². The minimum absolute atomic E-state index is 0.221. The third kappa shape index (κ3) is 5.82. The fourth-order valence-corrected chi connectivity index (χ4v) is 2.83. The molecule has 27 heavy (non-hydrogen) atoms. The Balaban J connectivity index is 2.19. The SMILES string of the molecule is CC(C)(C)c1cc(C=NN=C(N)SCc2ccccc2)c(O)c([N+](=O)[O-])c1. The van der Waals surface area contributed by atoms with E-state index in [1.54, 1.807) is 6.07 Å². The Kier molecular flexibility index (Phi) is 6.57. The number of thioether (sulfide) groups is 1. The number of phenols is 1. The molecule has 3 N–H and O–H groups in total. The molecule has 0 aliphatic heterocycles. The molecule has 2 aromatic carbocycles. The van der Waals surface area contributed by atoms with E-state index >= 15 is 0 Å². The van der Waals surface area contributed by atoms with Crippen LogP contribution in [0.5, 0.6) is 5.75 Å². The number of nitrogens with zero attached hydrogens (tertiary/aromatic N) is 3. The summed E-state index contributed by atoms with van der Waals surface area (Å²) in [6.07, 6.45) is 1.27. The maximum absolute atomic E-state index is 11.2. The van der Waals surface area contributed by atoms with E-state index < -0.39 is 10.7 Å². The summed E-state index contributed by atoms with van der Waals surface area (Å²) in [4.78, 5) is 10.6. The predicted octanol–water partition coefficient (Wildman–Crippen LogP) is 4.18. The van der Waals surface area contributed by atoms with Crippen molar-refractivity contribution in [1.29, 1.82) is 0 Å². The van der Waals surface area contributed by atoms with E-state index in [-0.39, 0.29) is 21.8 Å². The summed E-state index contributed by atoms with van der Waals surface area (Å²) in [5.41, 5.74) is 7.18. The normalized spacial score (nSPS) is 12.5. The lowest BCUT2D eigenvalue weighted by Crippen LogP contribution is -2.12. The third-order valence-corrected chi connectivity index (χ3v) is 4.62. The summed E-state index contributed by atoms with van der Waals surface area (Å²) >= 11 is 1.33. The van der Waals surface area contributed by atoms with Gasteiger partial charge in [-0.05, 0) is 22.6 Å². The van der Waals surface area contributed by atoms with Crippen LogP contribution < -0.4 is 5.73 Å². The van der Waals surface area contributed by atoms with E-state index in [4.69, 9.17) is 5.73 Å². The standard InChI is InChI=1S/C19H22N4O3S/c1-19(2,3)15-9-14(17(24)16(10-15)23(25)26)11-21-22-18(20)27-12-13-7-5-4-6-8-13/h4-11,24H,12H2,1-3H3,(H2,20,22). The maximum Gasteiger partial charge on any atom is 0.311 e. The number of nitrogens with two attached hydrogens (primary N) is 1. The van der Waals surface area contributed by atoms with Gasteiger partial charge in [0, 0.05) is 17.4 Å². The van der Waals surface area contributed by atoms with Gasteiger partial charge in [-0.15, -0.1) is 5.10 Å². The minimum atomic E-state index is -0.616. The number of amidine groups is 1. The van der Waals surface area contributed by atoms with Gasteiger partial charge < -0.3 is 10.8 Å². The highest BCUT2D eigenvalue weighted by Crippen LogP contribution is 2.35. The molecule has 0 bridgehead atoms.